The lowest BCUT2D eigenvalue weighted by Gasteiger charge is -2.04. The van der Waals surface area contributed by atoms with Crippen LogP contribution in [0.15, 0.2) is 45.9 Å². The molecule has 1 aromatic heterocycles. The summed E-state index contributed by atoms with van der Waals surface area (Å²) in [4.78, 5) is 11.1. The van der Waals surface area contributed by atoms with Crippen LogP contribution in [-0.2, 0) is 5.75 Å². The average molecular weight is 265 g/mol. The van der Waals surface area contributed by atoms with Gasteiger partial charge in [0.15, 0.2) is 0 Å². The Kier molecular flexibility index (Phi) is 3.85. The number of nitrogens with zero attached hydrogens (tertiary/aromatic N) is 1. The second-order valence-corrected chi connectivity index (χ2v) is 4.53. The summed E-state index contributed by atoms with van der Waals surface area (Å²) in [7, 11) is 0. The van der Waals surface area contributed by atoms with E-state index in [1.54, 1.807) is 18.4 Å². The van der Waals surface area contributed by atoms with Crippen LogP contribution in [0.5, 0.6) is 0 Å². The lowest BCUT2D eigenvalue weighted by molar-refractivity contribution is -0.385. The molecule has 0 bridgehead atoms. The fraction of sp³-hybridized carbons (Fsp3) is 0.0909. The van der Waals surface area contributed by atoms with E-state index in [-0.39, 0.29) is 5.69 Å². The first kappa shape index (κ1) is 12.5. The maximum absolute atomic E-state index is 10.8. The highest BCUT2D eigenvalue weighted by atomic mass is 32.2. The second-order valence-electron chi connectivity index (χ2n) is 3.49. The highest BCUT2D eigenvalue weighted by molar-refractivity contribution is 7.98. The number of nitrogen functional groups attached to an aromatic ring is 1. The lowest BCUT2D eigenvalue weighted by atomic mass is 10.3. The van der Waals surface area contributed by atoms with Crippen molar-refractivity contribution in [3.63, 3.8) is 0 Å². The molecule has 0 amide bonds. The molecular weight excluding hydrogens is 254 g/mol. The fourth-order valence-electron chi connectivity index (χ4n) is 1.40. The van der Waals surface area contributed by atoms with Crippen LogP contribution in [0.25, 0.3) is 0 Å². The standard InChI is InChI=1S/C11H11N3O3S/c12-13-8-4-9(14(15)16)6-11(5-8)18-7-10-2-1-3-17-10/h1-6,13H,7,12H2. The van der Waals surface area contributed by atoms with Gasteiger partial charge in [0.1, 0.15) is 5.76 Å². The van der Waals surface area contributed by atoms with Gasteiger partial charge in [-0.1, -0.05) is 0 Å². The number of nitro groups is 1. The Morgan fingerprint density at radius 2 is 2.28 bits per heavy atom. The molecule has 0 aliphatic heterocycles. The second kappa shape index (κ2) is 5.56. The van der Waals surface area contributed by atoms with Crippen LogP contribution >= 0.6 is 11.8 Å². The number of nitrogens with two attached hydrogens (primary N) is 1. The van der Waals surface area contributed by atoms with Crippen molar-refractivity contribution in [2.75, 3.05) is 5.43 Å². The molecule has 0 fully saturated rings. The number of rotatable bonds is 5. The third-order valence-electron chi connectivity index (χ3n) is 2.23. The summed E-state index contributed by atoms with van der Waals surface area (Å²) in [6.07, 6.45) is 1.59. The van der Waals surface area contributed by atoms with Crippen LogP contribution in [0.3, 0.4) is 0 Å². The molecule has 6 nitrogen and oxygen atoms in total. The van der Waals surface area contributed by atoms with Crippen molar-refractivity contribution >= 4 is 23.1 Å². The largest absolute Gasteiger partial charge is 0.468 e. The summed E-state index contributed by atoms with van der Waals surface area (Å²) in [6, 6.07) is 8.30. The van der Waals surface area contributed by atoms with Gasteiger partial charge < -0.3 is 9.84 Å². The summed E-state index contributed by atoms with van der Waals surface area (Å²) in [5, 5.41) is 10.8. The predicted molar refractivity (Wildman–Crippen MR) is 69.2 cm³/mol. The van der Waals surface area contributed by atoms with Crippen molar-refractivity contribution in [1.29, 1.82) is 0 Å². The average Bonchev–Trinajstić information content (AvgIpc) is 2.89. The summed E-state index contributed by atoms with van der Waals surface area (Å²) >= 11 is 1.45. The van der Waals surface area contributed by atoms with Crippen LogP contribution in [0.4, 0.5) is 11.4 Å². The summed E-state index contributed by atoms with van der Waals surface area (Å²) < 4.78 is 5.19. The number of nitro benzene ring substituents is 1. The summed E-state index contributed by atoms with van der Waals surface area (Å²) in [5.41, 5.74) is 2.93. The van der Waals surface area contributed by atoms with Gasteiger partial charge in [0.2, 0.25) is 0 Å². The Balaban J connectivity index is 2.16. The van der Waals surface area contributed by atoms with E-state index in [1.165, 1.54) is 23.9 Å². The molecule has 7 heteroatoms. The summed E-state index contributed by atoms with van der Waals surface area (Å²) in [6.45, 7) is 0. The number of benzene rings is 1. The van der Waals surface area contributed by atoms with E-state index in [0.717, 1.165) is 10.7 Å². The summed E-state index contributed by atoms with van der Waals surface area (Å²) in [5.74, 6) is 6.70. The molecule has 0 unspecified atom stereocenters. The minimum Gasteiger partial charge on any atom is -0.468 e. The normalized spacial score (nSPS) is 10.3. The molecule has 0 spiro atoms. The van der Waals surface area contributed by atoms with Crippen molar-refractivity contribution in [3.8, 4) is 0 Å². The first-order valence-electron chi connectivity index (χ1n) is 5.10. The number of hydrogen-bond donors (Lipinski definition) is 2. The molecule has 1 aromatic carbocycles. The maximum atomic E-state index is 10.8. The molecule has 0 saturated heterocycles. The molecule has 0 radical (unpaired) electrons. The van der Waals surface area contributed by atoms with Crippen molar-refractivity contribution in [3.05, 3.63) is 52.5 Å². The van der Waals surface area contributed by atoms with Gasteiger partial charge in [0.25, 0.3) is 5.69 Å². The minimum atomic E-state index is -0.447. The van der Waals surface area contributed by atoms with E-state index < -0.39 is 4.92 Å². The lowest BCUT2D eigenvalue weighted by Crippen LogP contribution is -2.07. The van der Waals surface area contributed by atoms with Crippen LogP contribution in [0, 0.1) is 10.1 Å². The van der Waals surface area contributed by atoms with Crippen molar-refractivity contribution < 1.29 is 9.34 Å². The number of thioether (sulfide) groups is 1. The van der Waals surface area contributed by atoms with Gasteiger partial charge in [-0.2, -0.15) is 0 Å². The van der Waals surface area contributed by atoms with Gasteiger partial charge in [-0.15, -0.1) is 11.8 Å². The number of non-ortho nitro benzene ring substituents is 1. The van der Waals surface area contributed by atoms with Gasteiger partial charge in [0.05, 0.1) is 22.6 Å². The van der Waals surface area contributed by atoms with Gasteiger partial charge in [0, 0.05) is 17.0 Å². The highest BCUT2D eigenvalue weighted by Gasteiger charge is 2.10. The zero-order chi connectivity index (χ0) is 13.0. The quantitative estimate of drug-likeness (QED) is 0.373. The van der Waals surface area contributed by atoms with Gasteiger partial charge in [-0.3, -0.25) is 16.0 Å². The smallest absolute Gasteiger partial charge is 0.272 e. The molecule has 1 heterocycles. The number of furan rings is 1. The van der Waals surface area contributed by atoms with E-state index in [4.69, 9.17) is 10.3 Å². The molecule has 2 rings (SSSR count). The van der Waals surface area contributed by atoms with Crippen LogP contribution < -0.4 is 11.3 Å². The van der Waals surface area contributed by atoms with Crippen LogP contribution in [0.1, 0.15) is 5.76 Å². The number of anilines is 1. The molecule has 0 saturated carbocycles. The first-order valence-corrected chi connectivity index (χ1v) is 6.09. The monoisotopic (exact) mass is 265 g/mol. The van der Waals surface area contributed by atoms with Crippen LogP contribution in [-0.4, -0.2) is 4.92 Å². The zero-order valence-electron chi connectivity index (χ0n) is 9.33. The number of hydrazine groups is 1. The molecule has 18 heavy (non-hydrogen) atoms. The topological polar surface area (TPSA) is 94.3 Å². The third-order valence-corrected chi connectivity index (χ3v) is 3.23. The SMILES string of the molecule is NNc1cc(SCc2ccco2)cc([N+](=O)[O-])c1. The van der Waals surface area contributed by atoms with Gasteiger partial charge in [-0.05, 0) is 18.2 Å². The Morgan fingerprint density at radius 3 is 2.89 bits per heavy atom. The zero-order valence-corrected chi connectivity index (χ0v) is 10.1. The predicted octanol–water partition coefficient (Wildman–Crippen LogP) is 2.77. The van der Waals surface area contributed by atoms with Gasteiger partial charge in [-0.25, -0.2) is 0 Å². The van der Waals surface area contributed by atoms with Gasteiger partial charge >= 0.3 is 0 Å². The Bertz CT molecular complexity index is 542. The molecule has 94 valence electrons. The fourth-order valence-corrected chi connectivity index (χ4v) is 2.29. The molecule has 0 aliphatic rings. The minimum absolute atomic E-state index is 0.00685. The molecule has 0 aliphatic carbocycles. The van der Waals surface area contributed by atoms with Crippen molar-refractivity contribution in [2.45, 2.75) is 10.6 Å². The first-order chi connectivity index (χ1) is 8.69. The molecular formula is C11H11N3O3S. The van der Waals surface area contributed by atoms with E-state index >= 15 is 0 Å². The van der Waals surface area contributed by atoms with E-state index in [2.05, 4.69) is 5.43 Å². The Labute approximate surface area is 107 Å². The Hall–Kier alpha value is -1.99. The third kappa shape index (κ3) is 3.02. The Morgan fingerprint density at radius 1 is 1.44 bits per heavy atom. The molecule has 3 N–H and O–H groups in total. The number of nitrogens with one attached hydrogen (secondary N) is 1. The van der Waals surface area contributed by atoms with E-state index in [0.29, 0.717) is 11.4 Å². The highest BCUT2D eigenvalue weighted by Crippen LogP contribution is 2.29. The van der Waals surface area contributed by atoms with Crippen molar-refractivity contribution in [1.82, 2.24) is 0 Å². The van der Waals surface area contributed by atoms with Crippen LogP contribution in [0.2, 0.25) is 0 Å². The number of hydrogen-bond acceptors (Lipinski definition) is 6. The van der Waals surface area contributed by atoms with Crippen molar-refractivity contribution in [2.24, 2.45) is 5.84 Å². The van der Waals surface area contributed by atoms with E-state index in [1.807, 2.05) is 6.07 Å². The maximum Gasteiger partial charge on any atom is 0.272 e. The molecule has 2 aromatic rings. The molecule has 0 atom stereocenters. The van der Waals surface area contributed by atoms with E-state index in [9.17, 15) is 10.1 Å².